The number of rotatable bonds is 5. The molecule has 0 saturated heterocycles. The number of amides is 2. The molecule has 1 saturated carbocycles. The first-order chi connectivity index (χ1) is 11.0. The van der Waals surface area contributed by atoms with Crippen molar-refractivity contribution in [1.82, 2.24) is 10.2 Å². The van der Waals surface area contributed by atoms with Gasteiger partial charge in [-0.15, -0.1) is 0 Å². The highest BCUT2D eigenvalue weighted by Gasteiger charge is 2.20. The van der Waals surface area contributed by atoms with E-state index in [-0.39, 0.29) is 11.8 Å². The van der Waals surface area contributed by atoms with E-state index in [1.807, 2.05) is 6.07 Å². The number of benzene rings is 1. The molecule has 1 aliphatic rings. The Kier molecular flexibility index (Phi) is 6.13. The summed E-state index contributed by atoms with van der Waals surface area (Å²) >= 11 is 0. The molecule has 0 spiro atoms. The molecule has 1 aromatic rings. The van der Waals surface area contributed by atoms with Crippen LogP contribution in [0.5, 0.6) is 11.5 Å². The predicted octanol–water partition coefficient (Wildman–Crippen LogP) is 3.37. The number of carbonyl (C=O) groups is 1. The summed E-state index contributed by atoms with van der Waals surface area (Å²) in [5.41, 5.74) is 0.868. The minimum Gasteiger partial charge on any atom is -0.504 e. The number of methoxy groups -OCH3 is 1. The van der Waals surface area contributed by atoms with Crippen molar-refractivity contribution in [2.75, 3.05) is 20.7 Å². The molecule has 2 rings (SSSR count). The number of urea groups is 1. The summed E-state index contributed by atoms with van der Waals surface area (Å²) in [6.07, 6.45) is 4.99. The second-order valence-electron chi connectivity index (χ2n) is 6.69. The molecule has 1 aromatic carbocycles. The molecule has 2 unspecified atom stereocenters. The SMILES string of the molecule is COc1ccc(CN(C)C(=O)NCC2CCCC(C)C2)cc1O. The van der Waals surface area contributed by atoms with Crippen molar-refractivity contribution in [3.05, 3.63) is 23.8 Å². The van der Waals surface area contributed by atoms with E-state index in [1.54, 1.807) is 24.1 Å². The molecule has 0 heterocycles. The van der Waals surface area contributed by atoms with Crippen LogP contribution in [0.1, 0.15) is 38.2 Å². The highest BCUT2D eigenvalue weighted by molar-refractivity contribution is 5.73. The van der Waals surface area contributed by atoms with E-state index in [1.165, 1.54) is 32.8 Å². The summed E-state index contributed by atoms with van der Waals surface area (Å²) in [7, 11) is 3.28. The maximum atomic E-state index is 12.2. The van der Waals surface area contributed by atoms with E-state index >= 15 is 0 Å². The Balaban J connectivity index is 1.81. The zero-order chi connectivity index (χ0) is 16.8. The van der Waals surface area contributed by atoms with Gasteiger partial charge < -0.3 is 20.1 Å². The first kappa shape index (κ1) is 17.4. The monoisotopic (exact) mass is 320 g/mol. The summed E-state index contributed by atoms with van der Waals surface area (Å²) in [6.45, 7) is 3.49. The second kappa shape index (κ2) is 8.09. The minimum absolute atomic E-state index is 0.0708. The zero-order valence-electron chi connectivity index (χ0n) is 14.3. The van der Waals surface area contributed by atoms with Crippen molar-refractivity contribution in [2.24, 2.45) is 11.8 Å². The van der Waals surface area contributed by atoms with Crippen LogP contribution in [0.3, 0.4) is 0 Å². The van der Waals surface area contributed by atoms with E-state index in [0.717, 1.165) is 18.0 Å². The minimum atomic E-state index is -0.0708. The van der Waals surface area contributed by atoms with E-state index < -0.39 is 0 Å². The highest BCUT2D eigenvalue weighted by Crippen LogP contribution is 2.28. The van der Waals surface area contributed by atoms with Crippen LogP contribution in [-0.2, 0) is 6.54 Å². The number of carbonyl (C=O) groups excluding carboxylic acids is 1. The van der Waals surface area contributed by atoms with E-state index in [9.17, 15) is 9.90 Å². The average molecular weight is 320 g/mol. The second-order valence-corrected chi connectivity index (χ2v) is 6.69. The molecule has 2 atom stereocenters. The fraction of sp³-hybridized carbons (Fsp3) is 0.611. The van der Waals surface area contributed by atoms with Gasteiger partial charge in [-0.2, -0.15) is 0 Å². The van der Waals surface area contributed by atoms with Crippen molar-refractivity contribution < 1.29 is 14.6 Å². The lowest BCUT2D eigenvalue weighted by Crippen LogP contribution is -2.39. The third-order valence-corrected chi connectivity index (χ3v) is 4.60. The normalized spacial score (nSPS) is 20.8. The summed E-state index contributed by atoms with van der Waals surface area (Å²) < 4.78 is 5.02. The molecule has 128 valence electrons. The lowest BCUT2D eigenvalue weighted by molar-refractivity contribution is 0.200. The number of nitrogens with zero attached hydrogens (tertiary/aromatic N) is 1. The van der Waals surface area contributed by atoms with Gasteiger partial charge in [-0.25, -0.2) is 4.79 Å². The predicted molar refractivity (Wildman–Crippen MR) is 90.6 cm³/mol. The van der Waals surface area contributed by atoms with Crippen LogP contribution in [0, 0.1) is 11.8 Å². The van der Waals surface area contributed by atoms with Gasteiger partial charge in [0.2, 0.25) is 0 Å². The summed E-state index contributed by atoms with van der Waals surface area (Å²) in [5, 5.41) is 12.8. The van der Waals surface area contributed by atoms with Crippen LogP contribution >= 0.6 is 0 Å². The Bertz CT molecular complexity index is 533. The van der Waals surface area contributed by atoms with Crippen LogP contribution in [-0.4, -0.2) is 36.7 Å². The Morgan fingerprint density at radius 3 is 2.87 bits per heavy atom. The van der Waals surface area contributed by atoms with Crippen LogP contribution in [0.4, 0.5) is 4.79 Å². The molecule has 1 fully saturated rings. The molecular weight excluding hydrogens is 292 g/mol. The molecule has 0 aliphatic heterocycles. The fourth-order valence-electron chi connectivity index (χ4n) is 3.29. The van der Waals surface area contributed by atoms with Gasteiger partial charge in [-0.1, -0.05) is 25.8 Å². The van der Waals surface area contributed by atoms with Gasteiger partial charge in [-0.05, 0) is 42.4 Å². The van der Waals surface area contributed by atoms with Crippen molar-refractivity contribution in [1.29, 1.82) is 0 Å². The largest absolute Gasteiger partial charge is 0.504 e. The first-order valence-corrected chi connectivity index (χ1v) is 8.34. The summed E-state index contributed by atoms with van der Waals surface area (Å²) in [4.78, 5) is 13.8. The van der Waals surface area contributed by atoms with Crippen LogP contribution < -0.4 is 10.1 Å². The van der Waals surface area contributed by atoms with E-state index in [4.69, 9.17) is 4.74 Å². The van der Waals surface area contributed by atoms with Gasteiger partial charge >= 0.3 is 6.03 Å². The Labute approximate surface area is 138 Å². The quantitative estimate of drug-likeness (QED) is 0.874. The molecule has 1 aliphatic carbocycles. The van der Waals surface area contributed by atoms with Crippen LogP contribution in [0.2, 0.25) is 0 Å². The number of ether oxygens (including phenoxy) is 1. The number of hydrogen-bond donors (Lipinski definition) is 2. The first-order valence-electron chi connectivity index (χ1n) is 8.34. The van der Waals surface area contributed by atoms with E-state index in [2.05, 4.69) is 12.2 Å². The number of phenolic OH excluding ortho intramolecular Hbond substituents is 1. The van der Waals surface area contributed by atoms with Crippen molar-refractivity contribution in [2.45, 2.75) is 39.2 Å². The van der Waals surface area contributed by atoms with Gasteiger partial charge in [-0.3, -0.25) is 0 Å². The lowest BCUT2D eigenvalue weighted by atomic mass is 9.82. The molecule has 23 heavy (non-hydrogen) atoms. The number of phenols is 1. The smallest absolute Gasteiger partial charge is 0.317 e. The van der Waals surface area contributed by atoms with Crippen molar-refractivity contribution >= 4 is 6.03 Å². The van der Waals surface area contributed by atoms with Gasteiger partial charge in [0.25, 0.3) is 0 Å². The van der Waals surface area contributed by atoms with Gasteiger partial charge in [0.15, 0.2) is 11.5 Å². The van der Waals surface area contributed by atoms with Gasteiger partial charge in [0.05, 0.1) is 7.11 Å². The molecule has 5 heteroatoms. The molecule has 0 aromatic heterocycles. The van der Waals surface area contributed by atoms with Crippen LogP contribution in [0.25, 0.3) is 0 Å². The molecule has 2 N–H and O–H groups in total. The lowest BCUT2D eigenvalue weighted by Gasteiger charge is -2.27. The Morgan fingerprint density at radius 1 is 1.43 bits per heavy atom. The van der Waals surface area contributed by atoms with Crippen molar-refractivity contribution in [3.8, 4) is 11.5 Å². The Morgan fingerprint density at radius 2 is 2.22 bits per heavy atom. The van der Waals surface area contributed by atoms with E-state index in [0.29, 0.717) is 18.2 Å². The maximum Gasteiger partial charge on any atom is 0.317 e. The summed E-state index contributed by atoms with van der Waals surface area (Å²) in [5.74, 6) is 1.90. The van der Waals surface area contributed by atoms with Gasteiger partial charge in [0, 0.05) is 20.1 Å². The number of hydrogen-bond acceptors (Lipinski definition) is 3. The fourth-order valence-corrected chi connectivity index (χ4v) is 3.29. The Hall–Kier alpha value is -1.91. The standard InChI is InChI=1S/C18H28N2O3/c1-13-5-4-6-14(9-13)11-19-18(22)20(2)12-15-7-8-17(23-3)16(21)10-15/h7-8,10,13-14,21H,4-6,9,11-12H2,1-3H3,(H,19,22). The highest BCUT2D eigenvalue weighted by atomic mass is 16.5. The zero-order valence-corrected chi connectivity index (χ0v) is 14.3. The third kappa shape index (κ3) is 5.05. The number of nitrogens with one attached hydrogen (secondary N) is 1. The van der Waals surface area contributed by atoms with Crippen LogP contribution in [0.15, 0.2) is 18.2 Å². The van der Waals surface area contributed by atoms with Gasteiger partial charge in [0.1, 0.15) is 0 Å². The maximum absolute atomic E-state index is 12.2. The molecule has 0 bridgehead atoms. The number of aromatic hydroxyl groups is 1. The molecule has 5 nitrogen and oxygen atoms in total. The topological polar surface area (TPSA) is 61.8 Å². The van der Waals surface area contributed by atoms with Crippen molar-refractivity contribution in [3.63, 3.8) is 0 Å². The third-order valence-electron chi connectivity index (χ3n) is 4.60. The molecule has 0 radical (unpaired) electrons. The molecule has 2 amide bonds. The molecular formula is C18H28N2O3. The summed E-state index contributed by atoms with van der Waals surface area (Å²) in [6, 6.07) is 5.12. The average Bonchev–Trinajstić information content (AvgIpc) is 2.53.